The number of fused-ring (bicyclic) bond motifs is 1. The molecule has 5 aromatic carbocycles. The Morgan fingerprint density at radius 1 is 0.704 bits per heavy atom. The molecule has 0 amide bonds. The van der Waals surface area contributed by atoms with E-state index in [2.05, 4.69) is 172 Å². The molecular weight excluding hydrogens is 651 g/mol. The van der Waals surface area contributed by atoms with Gasteiger partial charge >= 0.3 is 0 Å². The normalized spacial score (nSPS) is 17.8. The van der Waals surface area contributed by atoms with E-state index in [9.17, 15) is 0 Å². The first-order valence-electron chi connectivity index (χ1n) is 19.4. The minimum Gasteiger partial charge on any atom is -0.280 e. The molecule has 0 heterocycles. The third-order valence-corrected chi connectivity index (χ3v) is 10.7. The van der Waals surface area contributed by atoms with Gasteiger partial charge in [0.1, 0.15) is 0 Å². The smallest absolute Gasteiger partial charge is 0.0695 e. The van der Waals surface area contributed by atoms with Gasteiger partial charge in [-0.05, 0) is 128 Å². The van der Waals surface area contributed by atoms with Crippen LogP contribution >= 0.6 is 0 Å². The molecule has 0 saturated heterocycles. The predicted molar refractivity (Wildman–Crippen MR) is 233 cm³/mol. The van der Waals surface area contributed by atoms with Gasteiger partial charge in [-0.3, -0.25) is 4.99 Å². The fraction of sp³-hybridized carbons (Fsp3) is 0.151. The standard InChI is InChI=1S/C51H43N.C2H6/c1-4-45(39-20-9-6-10-21-39)50-33-44-23-12-14-28-47(44)51(50)52-34-37-17-15-25-41(30-37)42-26-16-24-40(31-42)35(2)29-49-46-27-13-11-22-43(46)32-48(49)36(3)38-18-7-5-8-19-38;1-2/h4-12,14-26,28-31H,1-2,13,27,32-34H2,3H3;1-2H3/b48-36+,49-29-,50-45+,52-51?;. The third kappa shape index (κ3) is 7.54. The highest BCUT2D eigenvalue weighted by atomic mass is 14.7. The highest BCUT2D eigenvalue weighted by molar-refractivity contribution is 6.21. The largest absolute Gasteiger partial charge is 0.280 e. The van der Waals surface area contributed by atoms with Crippen LogP contribution in [0, 0.1) is 0 Å². The molecule has 0 radical (unpaired) electrons. The van der Waals surface area contributed by atoms with Crippen molar-refractivity contribution in [3.8, 4) is 11.1 Å². The zero-order valence-electron chi connectivity index (χ0n) is 31.9. The minimum absolute atomic E-state index is 0.598. The lowest BCUT2D eigenvalue weighted by molar-refractivity contribution is 0.969. The molecule has 0 aliphatic heterocycles. The number of benzene rings is 5. The molecule has 0 spiro atoms. The maximum atomic E-state index is 5.30. The Labute approximate surface area is 322 Å². The van der Waals surface area contributed by atoms with E-state index in [0.717, 1.165) is 48.1 Å². The van der Waals surface area contributed by atoms with E-state index < -0.39 is 0 Å². The first kappa shape index (κ1) is 36.3. The van der Waals surface area contributed by atoms with Crippen LogP contribution in [0.4, 0.5) is 0 Å². The van der Waals surface area contributed by atoms with Gasteiger partial charge in [-0.1, -0.05) is 167 Å². The lowest BCUT2D eigenvalue weighted by Crippen LogP contribution is -2.02. The topological polar surface area (TPSA) is 12.4 Å². The maximum Gasteiger partial charge on any atom is 0.0695 e. The van der Waals surface area contributed by atoms with Gasteiger partial charge in [0.05, 0.1) is 12.3 Å². The summed E-state index contributed by atoms with van der Waals surface area (Å²) in [5.41, 5.74) is 21.2. The Hall–Kier alpha value is -6.05. The second kappa shape index (κ2) is 16.7. The van der Waals surface area contributed by atoms with Gasteiger partial charge in [0.2, 0.25) is 0 Å². The zero-order valence-corrected chi connectivity index (χ0v) is 31.9. The average molecular weight is 700 g/mol. The molecule has 0 aromatic heterocycles. The minimum atomic E-state index is 0.598. The lowest BCUT2D eigenvalue weighted by atomic mass is 9.90. The predicted octanol–water partition coefficient (Wildman–Crippen LogP) is 14.0. The van der Waals surface area contributed by atoms with Gasteiger partial charge in [0, 0.05) is 12.0 Å². The quantitative estimate of drug-likeness (QED) is 0.153. The van der Waals surface area contributed by atoms with E-state index in [0.29, 0.717) is 6.54 Å². The molecule has 3 aliphatic rings. The van der Waals surface area contributed by atoms with Crippen LogP contribution in [0.3, 0.4) is 0 Å². The van der Waals surface area contributed by atoms with Gasteiger partial charge in [-0.15, -0.1) is 0 Å². The average Bonchev–Trinajstić information content (AvgIpc) is 3.79. The number of rotatable bonds is 8. The van der Waals surface area contributed by atoms with Crippen molar-refractivity contribution in [2.45, 2.75) is 53.0 Å². The summed E-state index contributed by atoms with van der Waals surface area (Å²) in [4.78, 5) is 5.30. The molecule has 5 aromatic rings. The molecule has 266 valence electrons. The van der Waals surface area contributed by atoms with Crippen molar-refractivity contribution in [1.29, 1.82) is 0 Å². The molecule has 0 fully saturated rings. The van der Waals surface area contributed by atoms with E-state index in [4.69, 9.17) is 4.99 Å². The first-order valence-corrected chi connectivity index (χ1v) is 19.4. The highest BCUT2D eigenvalue weighted by Crippen LogP contribution is 2.45. The third-order valence-electron chi connectivity index (χ3n) is 10.7. The van der Waals surface area contributed by atoms with Gasteiger partial charge in [0.15, 0.2) is 0 Å². The van der Waals surface area contributed by atoms with E-state index in [1.807, 2.05) is 19.9 Å². The van der Waals surface area contributed by atoms with Crippen LogP contribution < -0.4 is 0 Å². The van der Waals surface area contributed by atoms with Gasteiger partial charge < -0.3 is 0 Å². The van der Waals surface area contributed by atoms with Crippen molar-refractivity contribution in [3.63, 3.8) is 0 Å². The molecular formula is C53H49N. The Morgan fingerprint density at radius 3 is 2.13 bits per heavy atom. The monoisotopic (exact) mass is 699 g/mol. The van der Waals surface area contributed by atoms with Crippen molar-refractivity contribution < 1.29 is 0 Å². The van der Waals surface area contributed by atoms with E-state index in [-0.39, 0.29) is 0 Å². The fourth-order valence-electron chi connectivity index (χ4n) is 7.98. The second-order valence-electron chi connectivity index (χ2n) is 13.9. The van der Waals surface area contributed by atoms with Gasteiger partial charge in [-0.2, -0.15) is 0 Å². The highest BCUT2D eigenvalue weighted by Gasteiger charge is 2.27. The Bertz CT molecular complexity index is 2390. The van der Waals surface area contributed by atoms with Gasteiger partial charge in [-0.25, -0.2) is 0 Å². The molecule has 0 saturated carbocycles. The summed E-state index contributed by atoms with van der Waals surface area (Å²) in [5.74, 6) is 0. The maximum absolute atomic E-state index is 5.30. The first-order chi connectivity index (χ1) is 26.6. The van der Waals surface area contributed by atoms with Crippen molar-refractivity contribution in [1.82, 2.24) is 0 Å². The summed E-state index contributed by atoms with van der Waals surface area (Å²) in [5, 5.41) is 0. The molecule has 8 rings (SSSR count). The van der Waals surface area contributed by atoms with E-state index >= 15 is 0 Å². The number of nitrogens with zero attached hydrogens (tertiary/aromatic N) is 1. The SMILES string of the molecule is C=C/C(=C1/Cc2ccccc2C1=NCc1cccc(-c2cccc(C(=C)/C=C3/C4=C(C=CCC4)C/C3=C(/C)c3ccccc3)c2)c1)c1ccccc1.CC. The summed E-state index contributed by atoms with van der Waals surface area (Å²) in [7, 11) is 0. The van der Waals surface area contributed by atoms with Crippen LogP contribution in [0.2, 0.25) is 0 Å². The zero-order chi connectivity index (χ0) is 37.4. The number of hydrogen-bond donors (Lipinski definition) is 0. The number of hydrogen-bond acceptors (Lipinski definition) is 1. The fourth-order valence-corrected chi connectivity index (χ4v) is 7.98. The van der Waals surface area contributed by atoms with Crippen LogP contribution in [0.15, 0.2) is 204 Å². The van der Waals surface area contributed by atoms with Crippen LogP contribution in [-0.4, -0.2) is 5.71 Å². The van der Waals surface area contributed by atoms with E-state index in [1.54, 1.807) is 0 Å². The van der Waals surface area contributed by atoms with E-state index in [1.165, 1.54) is 72.4 Å². The lowest BCUT2D eigenvalue weighted by Gasteiger charge is -2.14. The van der Waals surface area contributed by atoms with Crippen LogP contribution in [-0.2, 0) is 13.0 Å². The van der Waals surface area contributed by atoms with Crippen molar-refractivity contribution in [3.05, 3.63) is 232 Å². The summed E-state index contributed by atoms with van der Waals surface area (Å²) in [6.45, 7) is 15.7. The molecule has 0 bridgehead atoms. The van der Waals surface area contributed by atoms with Crippen LogP contribution in [0.25, 0.3) is 27.8 Å². The molecule has 0 atom stereocenters. The van der Waals surface area contributed by atoms with Crippen molar-refractivity contribution >= 4 is 22.4 Å². The molecule has 1 nitrogen and oxygen atoms in total. The summed E-state index contributed by atoms with van der Waals surface area (Å²) in [6, 6.07) is 47.6. The Morgan fingerprint density at radius 2 is 1.37 bits per heavy atom. The summed E-state index contributed by atoms with van der Waals surface area (Å²) in [6.07, 6.45) is 13.0. The summed E-state index contributed by atoms with van der Waals surface area (Å²) < 4.78 is 0. The molecule has 1 heteroatoms. The van der Waals surface area contributed by atoms with Crippen LogP contribution in [0.5, 0.6) is 0 Å². The Balaban J connectivity index is 0.00000221. The summed E-state index contributed by atoms with van der Waals surface area (Å²) >= 11 is 0. The molecule has 54 heavy (non-hydrogen) atoms. The van der Waals surface area contributed by atoms with Crippen molar-refractivity contribution in [2.75, 3.05) is 0 Å². The number of aliphatic imine (C=N–C) groups is 1. The Kier molecular flexibility index (Phi) is 11.3. The second-order valence-corrected chi connectivity index (χ2v) is 13.9. The van der Waals surface area contributed by atoms with Crippen molar-refractivity contribution in [2.24, 2.45) is 4.99 Å². The molecule has 0 N–H and O–H groups in total. The molecule has 3 aliphatic carbocycles. The molecule has 0 unspecified atom stereocenters. The number of allylic oxidation sites excluding steroid dienone is 12. The van der Waals surface area contributed by atoms with Crippen LogP contribution in [0.1, 0.15) is 73.4 Å². The van der Waals surface area contributed by atoms with Gasteiger partial charge in [0.25, 0.3) is 0 Å².